The Morgan fingerprint density at radius 1 is 1.50 bits per heavy atom. The van der Waals surface area contributed by atoms with Gasteiger partial charge in [-0.1, -0.05) is 6.07 Å². The van der Waals surface area contributed by atoms with Gasteiger partial charge in [-0.05, 0) is 38.4 Å². The van der Waals surface area contributed by atoms with Crippen molar-refractivity contribution >= 4 is 5.97 Å². The summed E-state index contributed by atoms with van der Waals surface area (Å²) in [7, 11) is 3.14. The van der Waals surface area contributed by atoms with Gasteiger partial charge in [-0.25, -0.2) is 4.39 Å². The highest BCUT2D eigenvalue weighted by atomic mass is 19.1. The Morgan fingerprint density at radius 3 is 2.95 bits per heavy atom. The van der Waals surface area contributed by atoms with Gasteiger partial charge in [0.05, 0.1) is 7.11 Å². The van der Waals surface area contributed by atoms with Crippen LogP contribution in [0, 0.1) is 5.82 Å². The molecule has 2 unspecified atom stereocenters. The third-order valence-electron chi connectivity index (χ3n) is 3.86. The fourth-order valence-corrected chi connectivity index (χ4v) is 2.77. The van der Waals surface area contributed by atoms with E-state index in [4.69, 9.17) is 9.47 Å². The van der Waals surface area contributed by atoms with E-state index in [0.29, 0.717) is 12.2 Å². The molecule has 0 radical (unpaired) electrons. The van der Waals surface area contributed by atoms with Gasteiger partial charge in [0, 0.05) is 12.5 Å². The summed E-state index contributed by atoms with van der Waals surface area (Å²) >= 11 is 0. The molecule has 0 saturated heterocycles. The van der Waals surface area contributed by atoms with Crippen molar-refractivity contribution in [1.82, 2.24) is 5.32 Å². The van der Waals surface area contributed by atoms with E-state index in [9.17, 15) is 9.18 Å². The molecule has 0 aromatic heterocycles. The van der Waals surface area contributed by atoms with Crippen LogP contribution in [-0.2, 0) is 9.53 Å². The molecular formula is C15H20FNO3. The van der Waals surface area contributed by atoms with Crippen molar-refractivity contribution in [3.8, 4) is 5.75 Å². The van der Waals surface area contributed by atoms with Gasteiger partial charge in [-0.3, -0.25) is 4.79 Å². The summed E-state index contributed by atoms with van der Waals surface area (Å²) < 4.78 is 23.8. The van der Waals surface area contributed by atoms with E-state index in [1.54, 1.807) is 19.2 Å². The molecule has 0 heterocycles. The van der Waals surface area contributed by atoms with Crippen molar-refractivity contribution in [2.24, 2.45) is 0 Å². The van der Waals surface area contributed by atoms with Crippen LogP contribution in [0.2, 0.25) is 0 Å². The van der Waals surface area contributed by atoms with Crippen LogP contribution in [0.15, 0.2) is 24.3 Å². The van der Waals surface area contributed by atoms with Crippen molar-refractivity contribution in [1.29, 1.82) is 0 Å². The largest absolute Gasteiger partial charge is 0.490 e. The summed E-state index contributed by atoms with van der Waals surface area (Å²) in [4.78, 5) is 12.0. The van der Waals surface area contributed by atoms with Crippen LogP contribution in [0.25, 0.3) is 0 Å². The van der Waals surface area contributed by atoms with Gasteiger partial charge in [0.25, 0.3) is 0 Å². The highest BCUT2D eigenvalue weighted by Crippen LogP contribution is 2.32. The van der Waals surface area contributed by atoms with Crippen molar-refractivity contribution in [2.75, 3.05) is 14.2 Å². The number of benzene rings is 1. The van der Waals surface area contributed by atoms with Crippen LogP contribution < -0.4 is 10.1 Å². The number of nitrogens with one attached hydrogen (secondary N) is 1. The Bertz CT molecular complexity index is 480. The van der Waals surface area contributed by atoms with Gasteiger partial charge in [0.1, 0.15) is 23.2 Å². The molecule has 1 N–H and O–H groups in total. The number of carbonyl (C=O) groups excluding carboxylic acids is 1. The zero-order valence-corrected chi connectivity index (χ0v) is 11.8. The van der Waals surface area contributed by atoms with Gasteiger partial charge in [0.2, 0.25) is 0 Å². The Labute approximate surface area is 118 Å². The average molecular weight is 281 g/mol. The molecule has 2 rings (SSSR count). The Kier molecular flexibility index (Phi) is 4.60. The summed E-state index contributed by atoms with van der Waals surface area (Å²) in [5.74, 6) is -0.106. The van der Waals surface area contributed by atoms with E-state index >= 15 is 0 Å². The molecule has 1 aromatic carbocycles. The Balaban J connectivity index is 2.08. The smallest absolute Gasteiger partial charge is 0.326 e. The predicted molar refractivity (Wildman–Crippen MR) is 73.1 cm³/mol. The molecule has 1 aromatic rings. The number of ether oxygens (including phenoxy) is 2. The van der Waals surface area contributed by atoms with E-state index in [0.717, 1.165) is 19.3 Å². The van der Waals surface area contributed by atoms with Crippen molar-refractivity contribution in [2.45, 2.75) is 37.3 Å². The first-order valence-electron chi connectivity index (χ1n) is 6.79. The molecule has 110 valence electrons. The maximum absolute atomic E-state index is 13.2. The average Bonchev–Trinajstić information content (AvgIpc) is 2.46. The quantitative estimate of drug-likeness (QED) is 0.860. The monoisotopic (exact) mass is 281 g/mol. The summed E-state index contributed by atoms with van der Waals surface area (Å²) in [5.41, 5.74) is -0.703. The third-order valence-corrected chi connectivity index (χ3v) is 3.86. The molecule has 1 fully saturated rings. The maximum atomic E-state index is 13.2. The van der Waals surface area contributed by atoms with Gasteiger partial charge < -0.3 is 14.8 Å². The fourth-order valence-electron chi connectivity index (χ4n) is 2.77. The van der Waals surface area contributed by atoms with Crippen molar-refractivity contribution < 1.29 is 18.7 Å². The second kappa shape index (κ2) is 6.22. The molecule has 4 nitrogen and oxygen atoms in total. The number of methoxy groups -OCH3 is 1. The minimum absolute atomic E-state index is 0.128. The first-order valence-corrected chi connectivity index (χ1v) is 6.79. The van der Waals surface area contributed by atoms with Crippen LogP contribution in [0.5, 0.6) is 5.75 Å². The number of halogens is 1. The van der Waals surface area contributed by atoms with Crippen LogP contribution in [0.3, 0.4) is 0 Å². The minimum Gasteiger partial charge on any atom is -0.490 e. The van der Waals surface area contributed by atoms with E-state index in [-0.39, 0.29) is 17.9 Å². The van der Waals surface area contributed by atoms with E-state index in [1.165, 1.54) is 19.2 Å². The number of hydrogen-bond acceptors (Lipinski definition) is 4. The lowest BCUT2D eigenvalue weighted by atomic mass is 9.80. The number of esters is 1. The van der Waals surface area contributed by atoms with Gasteiger partial charge in [-0.2, -0.15) is 0 Å². The summed E-state index contributed by atoms with van der Waals surface area (Å²) in [5, 5.41) is 3.07. The zero-order valence-electron chi connectivity index (χ0n) is 11.8. The lowest BCUT2D eigenvalue weighted by Crippen LogP contribution is -2.55. The molecule has 0 aliphatic heterocycles. The number of likely N-dealkylation sites (N-methyl/N-ethyl adjacent to an activating group) is 1. The van der Waals surface area contributed by atoms with Gasteiger partial charge in [0.15, 0.2) is 0 Å². The molecule has 0 spiro atoms. The lowest BCUT2D eigenvalue weighted by Gasteiger charge is -2.38. The van der Waals surface area contributed by atoms with Crippen LogP contribution in [-0.4, -0.2) is 31.8 Å². The maximum Gasteiger partial charge on any atom is 0.326 e. The zero-order chi connectivity index (χ0) is 14.6. The van der Waals surface area contributed by atoms with Crippen molar-refractivity contribution in [3.63, 3.8) is 0 Å². The molecule has 1 aliphatic carbocycles. The third kappa shape index (κ3) is 3.10. The normalized spacial score (nSPS) is 26.1. The van der Waals surface area contributed by atoms with Crippen LogP contribution in [0.1, 0.15) is 25.7 Å². The topological polar surface area (TPSA) is 47.6 Å². The summed E-state index contributed by atoms with van der Waals surface area (Å²) in [6, 6.07) is 6.06. The molecule has 1 saturated carbocycles. The summed E-state index contributed by atoms with van der Waals surface area (Å²) in [6.45, 7) is 0. The van der Waals surface area contributed by atoms with Gasteiger partial charge >= 0.3 is 5.97 Å². The number of carbonyl (C=O) groups is 1. The van der Waals surface area contributed by atoms with E-state index < -0.39 is 5.54 Å². The Morgan fingerprint density at radius 2 is 2.30 bits per heavy atom. The second-order valence-electron chi connectivity index (χ2n) is 5.12. The minimum atomic E-state index is -0.703. The molecule has 2 atom stereocenters. The SMILES string of the molecule is CNC1(C(=O)OC)CCCC(Oc2cccc(F)c2)C1. The fraction of sp³-hybridized carbons (Fsp3) is 0.533. The van der Waals surface area contributed by atoms with E-state index in [1.807, 2.05) is 0 Å². The lowest BCUT2D eigenvalue weighted by molar-refractivity contribution is -0.151. The highest BCUT2D eigenvalue weighted by molar-refractivity contribution is 5.81. The molecule has 1 aliphatic rings. The summed E-state index contributed by atoms with van der Waals surface area (Å²) in [6.07, 6.45) is 2.82. The van der Waals surface area contributed by atoms with Crippen LogP contribution >= 0.6 is 0 Å². The number of rotatable bonds is 4. The molecule has 20 heavy (non-hydrogen) atoms. The molecule has 5 heteroatoms. The molecular weight excluding hydrogens is 261 g/mol. The second-order valence-corrected chi connectivity index (χ2v) is 5.12. The van der Waals surface area contributed by atoms with Crippen molar-refractivity contribution in [3.05, 3.63) is 30.1 Å². The molecule has 0 amide bonds. The number of hydrogen-bond donors (Lipinski definition) is 1. The standard InChI is InChI=1S/C15H20FNO3/c1-17-15(14(18)19-2)8-4-7-13(10-15)20-12-6-3-5-11(16)9-12/h3,5-6,9,13,17H,4,7-8,10H2,1-2H3. The van der Waals surface area contributed by atoms with Crippen LogP contribution in [0.4, 0.5) is 4.39 Å². The van der Waals surface area contributed by atoms with Gasteiger partial charge in [-0.15, -0.1) is 0 Å². The Hall–Kier alpha value is -1.62. The highest BCUT2D eigenvalue weighted by Gasteiger charge is 2.43. The molecule has 0 bridgehead atoms. The predicted octanol–water partition coefficient (Wildman–Crippen LogP) is 2.28. The first-order chi connectivity index (χ1) is 9.59. The first kappa shape index (κ1) is 14.8. The van der Waals surface area contributed by atoms with E-state index in [2.05, 4.69) is 5.32 Å².